The predicted octanol–water partition coefficient (Wildman–Crippen LogP) is 1.92. The zero-order chi connectivity index (χ0) is 15.7. The molecule has 1 saturated carbocycles. The second kappa shape index (κ2) is 5.51. The van der Waals surface area contributed by atoms with Gasteiger partial charge in [-0.3, -0.25) is 4.79 Å². The summed E-state index contributed by atoms with van der Waals surface area (Å²) >= 11 is 0. The number of nitrogens with two attached hydrogens (primary N) is 1. The lowest BCUT2D eigenvalue weighted by atomic mass is 9.98. The molecule has 0 aliphatic heterocycles. The molecule has 2 rings (SSSR count). The van der Waals surface area contributed by atoms with Gasteiger partial charge in [-0.2, -0.15) is 13.2 Å². The van der Waals surface area contributed by atoms with Crippen molar-refractivity contribution < 1.29 is 23.1 Å². The van der Waals surface area contributed by atoms with E-state index in [0.29, 0.717) is 18.9 Å². The molecule has 1 fully saturated rings. The summed E-state index contributed by atoms with van der Waals surface area (Å²) in [4.78, 5) is 14.8. The van der Waals surface area contributed by atoms with Crippen molar-refractivity contribution in [2.45, 2.75) is 37.4 Å². The molecule has 0 bridgehead atoms. The van der Waals surface area contributed by atoms with Crippen molar-refractivity contribution in [1.82, 2.24) is 4.98 Å². The number of aliphatic hydroxyl groups excluding tert-OH is 1. The zero-order valence-corrected chi connectivity index (χ0v) is 11.2. The second-order valence-corrected chi connectivity index (χ2v) is 5.23. The summed E-state index contributed by atoms with van der Waals surface area (Å²) in [6, 6.07) is 1.71. The SMILES string of the molecule is NC(=O)c1ccc(C(F)(F)F)nc1NC1(CO)CCCC1. The molecule has 1 aliphatic carbocycles. The molecule has 0 radical (unpaired) electrons. The van der Waals surface area contributed by atoms with E-state index in [1.54, 1.807) is 0 Å². The van der Waals surface area contributed by atoms with Crippen LogP contribution in [0.4, 0.5) is 19.0 Å². The smallest absolute Gasteiger partial charge is 0.394 e. The van der Waals surface area contributed by atoms with Crippen molar-refractivity contribution in [2.24, 2.45) is 5.73 Å². The Hall–Kier alpha value is -1.83. The Morgan fingerprint density at radius 1 is 1.38 bits per heavy atom. The number of carbonyl (C=O) groups is 1. The minimum atomic E-state index is -4.62. The van der Waals surface area contributed by atoms with Gasteiger partial charge in [-0.1, -0.05) is 12.8 Å². The fraction of sp³-hybridized carbons (Fsp3) is 0.538. The number of nitrogens with zero attached hydrogens (tertiary/aromatic N) is 1. The number of carbonyl (C=O) groups excluding carboxylic acids is 1. The topological polar surface area (TPSA) is 88.2 Å². The van der Waals surface area contributed by atoms with Crippen LogP contribution in [0, 0.1) is 0 Å². The van der Waals surface area contributed by atoms with Crippen LogP contribution in [-0.2, 0) is 6.18 Å². The maximum atomic E-state index is 12.7. The number of hydrogen-bond acceptors (Lipinski definition) is 4. The number of rotatable bonds is 4. The molecule has 0 spiro atoms. The van der Waals surface area contributed by atoms with Gasteiger partial charge in [0.2, 0.25) is 0 Å². The van der Waals surface area contributed by atoms with Crippen LogP contribution in [0.5, 0.6) is 0 Å². The highest BCUT2D eigenvalue weighted by Gasteiger charge is 2.37. The summed E-state index contributed by atoms with van der Waals surface area (Å²) in [6.07, 6.45) is -1.73. The van der Waals surface area contributed by atoms with Gasteiger partial charge in [-0.05, 0) is 25.0 Å². The van der Waals surface area contributed by atoms with E-state index in [9.17, 15) is 23.1 Å². The molecule has 21 heavy (non-hydrogen) atoms. The van der Waals surface area contributed by atoms with Gasteiger partial charge < -0.3 is 16.2 Å². The van der Waals surface area contributed by atoms with Gasteiger partial charge in [-0.25, -0.2) is 4.98 Å². The van der Waals surface area contributed by atoms with Crippen molar-refractivity contribution in [3.8, 4) is 0 Å². The highest BCUT2D eigenvalue weighted by Crippen LogP contribution is 2.35. The number of halogens is 3. The molecule has 116 valence electrons. The number of primary amides is 1. The third kappa shape index (κ3) is 3.26. The summed E-state index contributed by atoms with van der Waals surface area (Å²) in [6.45, 7) is -0.247. The summed E-state index contributed by atoms with van der Waals surface area (Å²) in [5, 5.41) is 12.3. The number of aliphatic hydroxyl groups is 1. The predicted molar refractivity (Wildman–Crippen MR) is 69.7 cm³/mol. The average molecular weight is 303 g/mol. The Morgan fingerprint density at radius 2 is 2.00 bits per heavy atom. The molecule has 0 saturated heterocycles. The monoisotopic (exact) mass is 303 g/mol. The van der Waals surface area contributed by atoms with Crippen LogP contribution < -0.4 is 11.1 Å². The summed E-state index contributed by atoms with van der Waals surface area (Å²) < 4.78 is 38.2. The van der Waals surface area contributed by atoms with Gasteiger partial charge in [0.15, 0.2) is 0 Å². The lowest BCUT2D eigenvalue weighted by Crippen LogP contribution is -2.40. The van der Waals surface area contributed by atoms with E-state index in [1.807, 2.05) is 0 Å². The van der Waals surface area contributed by atoms with Gasteiger partial charge in [0.1, 0.15) is 11.5 Å². The maximum Gasteiger partial charge on any atom is 0.433 e. The van der Waals surface area contributed by atoms with Crippen LogP contribution in [0.3, 0.4) is 0 Å². The van der Waals surface area contributed by atoms with E-state index in [1.165, 1.54) is 0 Å². The van der Waals surface area contributed by atoms with Crippen molar-refractivity contribution in [3.63, 3.8) is 0 Å². The largest absolute Gasteiger partial charge is 0.433 e. The minimum absolute atomic E-state index is 0.122. The lowest BCUT2D eigenvalue weighted by Gasteiger charge is -2.29. The average Bonchev–Trinajstić information content (AvgIpc) is 2.86. The third-order valence-electron chi connectivity index (χ3n) is 3.70. The first-order valence-corrected chi connectivity index (χ1v) is 6.54. The van der Waals surface area contributed by atoms with Gasteiger partial charge in [0.25, 0.3) is 5.91 Å². The van der Waals surface area contributed by atoms with Crippen LogP contribution in [0.15, 0.2) is 12.1 Å². The van der Waals surface area contributed by atoms with Crippen molar-refractivity contribution in [3.05, 3.63) is 23.4 Å². The van der Waals surface area contributed by atoms with Crippen LogP contribution in [-0.4, -0.2) is 28.1 Å². The molecular weight excluding hydrogens is 287 g/mol. The molecule has 1 aromatic rings. The fourth-order valence-electron chi connectivity index (χ4n) is 2.54. The van der Waals surface area contributed by atoms with Crippen LogP contribution in [0.25, 0.3) is 0 Å². The van der Waals surface area contributed by atoms with E-state index >= 15 is 0 Å². The Bertz CT molecular complexity index is 540. The first kappa shape index (κ1) is 15.6. The Labute approximate surface area is 119 Å². The van der Waals surface area contributed by atoms with Crippen molar-refractivity contribution >= 4 is 11.7 Å². The minimum Gasteiger partial charge on any atom is -0.394 e. The molecule has 1 aliphatic rings. The van der Waals surface area contributed by atoms with Crippen LogP contribution in [0.2, 0.25) is 0 Å². The highest BCUT2D eigenvalue weighted by atomic mass is 19.4. The van der Waals surface area contributed by atoms with Crippen molar-refractivity contribution in [1.29, 1.82) is 0 Å². The number of nitrogens with one attached hydrogen (secondary N) is 1. The zero-order valence-electron chi connectivity index (χ0n) is 11.2. The van der Waals surface area contributed by atoms with Crippen LogP contribution in [0.1, 0.15) is 41.7 Å². The molecule has 1 heterocycles. The number of aromatic nitrogens is 1. The van der Waals surface area contributed by atoms with Gasteiger partial charge in [0.05, 0.1) is 17.7 Å². The molecule has 0 aromatic carbocycles. The standard InChI is InChI=1S/C13H16F3N3O2/c14-13(15,16)9-4-3-8(10(17)21)11(18-9)19-12(7-20)5-1-2-6-12/h3-4,20H,1-2,5-7H2,(H2,17,21)(H,18,19). The second-order valence-electron chi connectivity index (χ2n) is 5.23. The van der Waals surface area contributed by atoms with Gasteiger partial charge >= 0.3 is 6.18 Å². The summed E-state index contributed by atoms with van der Waals surface area (Å²) in [7, 11) is 0. The number of pyridine rings is 1. The van der Waals surface area contributed by atoms with Gasteiger partial charge in [0, 0.05) is 0 Å². The molecule has 5 nitrogen and oxygen atoms in total. The molecule has 4 N–H and O–H groups in total. The van der Waals surface area contributed by atoms with E-state index in [-0.39, 0.29) is 18.0 Å². The maximum absolute atomic E-state index is 12.7. The molecule has 1 aromatic heterocycles. The Balaban J connectivity index is 2.41. The molecule has 0 atom stereocenters. The summed E-state index contributed by atoms with van der Waals surface area (Å²) in [5.41, 5.74) is 3.19. The number of amides is 1. The van der Waals surface area contributed by atoms with Gasteiger partial charge in [-0.15, -0.1) is 0 Å². The first-order valence-electron chi connectivity index (χ1n) is 6.54. The molecule has 1 amide bonds. The van der Waals surface area contributed by atoms with Crippen LogP contribution >= 0.6 is 0 Å². The third-order valence-corrected chi connectivity index (χ3v) is 3.70. The normalized spacial score (nSPS) is 17.7. The Kier molecular flexibility index (Phi) is 4.08. The highest BCUT2D eigenvalue weighted by molar-refractivity contribution is 5.97. The lowest BCUT2D eigenvalue weighted by molar-refractivity contribution is -0.141. The first-order chi connectivity index (χ1) is 9.77. The quantitative estimate of drug-likeness (QED) is 0.793. The summed E-state index contributed by atoms with van der Waals surface area (Å²) in [5.74, 6) is -1.10. The molecular formula is C13H16F3N3O2. The van der Waals surface area contributed by atoms with E-state index in [2.05, 4.69) is 10.3 Å². The number of alkyl halides is 3. The van der Waals surface area contributed by atoms with Crippen molar-refractivity contribution in [2.75, 3.05) is 11.9 Å². The number of hydrogen-bond donors (Lipinski definition) is 3. The van der Waals surface area contributed by atoms with E-state index in [4.69, 9.17) is 5.73 Å². The number of anilines is 1. The van der Waals surface area contributed by atoms with E-state index < -0.39 is 23.3 Å². The molecule has 0 unspecified atom stereocenters. The fourth-order valence-corrected chi connectivity index (χ4v) is 2.54. The Morgan fingerprint density at radius 3 is 2.48 bits per heavy atom. The molecule has 8 heteroatoms. The van der Waals surface area contributed by atoms with E-state index in [0.717, 1.165) is 18.9 Å².